The summed E-state index contributed by atoms with van der Waals surface area (Å²) in [7, 11) is 1.89. The molecule has 0 radical (unpaired) electrons. The van der Waals surface area contributed by atoms with E-state index >= 15 is 0 Å². The predicted octanol–water partition coefficient (Wildman–Crippen LogP) is 2.14. The van der Waals surface area contributed by atoms with E-state index in [9.17, 15) is 0 Å². The number of hydrogen-bond acceptors (Lipinski definition) is 1. The van der Waals surface area contributed by atoms with Crippen molar-refractivity contribution < 1.29 is 0 Å². The number of nitrogens with zero attached hydrogens (tertiary/aromatic N) is 3. The number of rotatable bonds is 1. The van der Waals surface area contributed by atoms with Crippen LogP contribution in [0.2, 0.25) is 0 Å². The number of aryl methyl sites for hydroxylation is 1. The van der Waals surface area contributed by atoms with Crippen LogP contribution in [0.5, 0.6) is 0 Å². The van der Waals surface area contributed by atoms with E-state index in [1.165, 1.54) is 0 Å². The van der Waals surface area contributed by atoms with Crippen LogP contribution in [0.4, 0.5) is 0 Å². The minimum Gasteiger partial charge on any atom is -0.312 e. The van der Waals surface area contributed by atoms with E-state index in [1.807, 2.05) is 13.2 Å². The van der Waals surface area contributed by atoms with Gasteiger partial charge in [-0.1, -0.05) is 20.8 Å². The third-order valence-electron chi connectivity index (χ3n) is 1.86. The fourth-order valence-electron chi connectivity index (χ4n) is 1.37. The maximum Gasteiger partial charge on any atom is 0.243 e. The van der Waals surface area contributed by atoms with Crippen LogP contribution in [-0.2, 0) is 19.0 Å². The Bertz CT molecular complexity index is 336. The van der Waals surface area contributed by atoms with Gasteiger partial charge in [0.25, 0.3) is 0 Å². The van der Waals surface area contributed by atoms with Gasteiger partial charge in [0.2, 0.25) is 6.54 Å². The topological polar surface area (TPSA) is 22.2 Å². The molecule has 0 spiro atoms. The van der Waals surface area contributed by atoms with Crippen molar-refractivity contribution in [1.82, 2.24) is 9.78 Å². The molecule has 0 aromatic carbocycles. The number of hydrogen-bond donors (Lipinski definition) is 0. The van der Waals surface area contributed by atoms with Gasteiger partial charge in [0.1, 0.15) is 0 Å². The van der Waals surface area contributed by atoms with Crippen LogP contribution >= 0.6 is 0 Å². The first-order valence-corrected chi connectivity index (χ1v) is 4.31. The highest BCUT2D eigenvalue weighted by Crippen LogP contribution is 2.24. The van der Waals surface area contributed by atoms with Crippen LogP contribution in [0.3, 0.4) is 0 Å². The lowest BCUT2D eigenvalue weighted by Crippen LogP contribution is -2.14. The van der Waals surface area contributed by atoms with E-state index in [0.29, 0.717) is 6.54 Å². The Morgan fingerprint density at radius 2 is 2.15 bits per heavy atom. The van der Waals surface area contributed by atoms with Crippen molar-refractivity contribution in [3.8, 4) is 0 Å². The highest BCUT2D eigenvalue weighted by molar-refractivity contribution is 5.24. The molecule has 0 aliphatic carbocycles. The van der Waals surface area contributed by atoms with Crippen LogP contribution in [0.15, 0.2) is 6.20 Å². The van der Waals surface area contributed by atoms with Crippen molar-refractivity contribution in [3.63, 3.8) is 0 Å². The van der Waals surface area contributed by atoms with Gasteiger partial charge >= 0.3 is 0 Å². The van der Waals surface area contributed by atoms with Crippen LogP contribution in [0.25, 0.3) is 4.85 Å². The molecular weight excluding hydrogens is 162 g/mol. The minimum absolute atomic E-state index is 0.0291. The Morgan fingerprint density at radius 3 is 2.62 bits per heavy atom. The minimum atomic E-state index is 0.0291. The largest absolute Gasteiger partial charge is 0.312 e. The molecule has 0 saturated heterocycles. The summed E-state index contributed by atoms with van der Waals surface area (Å²) >= 11 is 0. The van der Waals surface area contributed by atoms with E-state index in [1.54, 1.807) is 4.68 Å². The van der Waals surface area contributed by atoms with Crippen molar-refractivity contribution >= 4 is 0 Å². The van der Waals surface area contributed by atoms with E-state index < -0.39 is 0 Å². The van der Waals surface area contributed by atoms with Gasteiger partial charge in [-0.05, 0) is 0 Å². The fraction of sp³-hybridized carbons (Fsp3) is 0.600. The zero-order valence-electron chi connectivity index (χ0n) is 8.63. The molecule has 0 amide bonds. The average Bonchev–Trinajstić information content (AvgIpc) is 2.30. The fourth-order valence-corrected chi connectivity index (χ4v) is 1.37. The summed E-state index contributed by atoms with van der Waals surface area (Å²) in [6.45, 7) is 13.6. The smallest absolute Gasteiger partial charge is 0.243 e. The van der Waals surface area contributed by atoms with Crippen LogP contribution < -0.4 is 0 Å². The molecule has 0 bridgehead atoms. The molecule has 0 saturated carbocycles. The summed E-state index contributed by atoms with van der Waals surface area (Å²) in [6, 6.07) is 0. The Kier molecular flexibility index (Phi) is 2.42. The second-order valence-corrected chi connectivity index (χ2v) is 4.24. The maximum atomic E-state index is 6.84. The third kappa shape index (κ3) is 2.09. The summed E-state index contributed by atoms with van der Waals surface area (Å²) in [4.78, 5) is 3.39. The molecule has 3 heteroatoms. The average molecular weight is 177 g/mol. The monoisotopic (exact) mass is 177 g/mol. The zero-order valence-corrected chi connectivity index (χ0v) is 8.63. The molecule has 0 atom stereocenters. The molecule has 1 aromatic heterocycles. The number of aromatic nitrogens is 2. The van der Waals surface area contributed by atoms with Crippen LogP contribution in [-0.4, -0.2) is 9.78 Å². The van der Waals surface area contributed by atoms with E-state index in [2.05, 4.69) is 30.7 Å². The van der Waals surface area contributed by atoms with E-state index in [4.69, 9.17) is 6.57 Å². The lowest BCUT2D eigenvalue weighted by Gasteiger charge is -2.15. The summed E-state index contributed by atoms with van der Waals surface area (Å²) in [5, 5.41) is 4.37. The molecule has 0 unspecified atom stereocenters. The lowest BCUT2D eigenvalue weighted by atomic mass is 9.90. The van der Waals surface area contributed by atoms with Crippen LogP contribution in [0.1, 0.15) is 32.0 Å². The SMILES string of the molecule is [C-]#[N+]Cc1cn(C)nc1C(C)(C)C. The van der Waals surface area contributed by atoms with Crippen molar-refractivity contribution in [1.29, 1.82) is 0 Å². The summed E-state index contributed by atoms with van der Waals surface area (Å²) in [5.74, 6) is 0. The Labute approximate surface area is 79.2 Å². The first-order valence-electron chi connectivity index (χ1n) is 4.31. The van der Waals surface area contributed by atoms with Gasteiger partial charge < -0.3 is 4.85 Å². The van der Waals surface area contributed by atoms with Gasteiger partial charge in [0, 0.05) is 18.7 Å². The van der Waals surface area contributed by atoms with E-state index in [0.717, 1.165) is 11.3 Å². The van der Waals surface area contributed by atoms with Gasteiger partial charge in [0.15, 0.2) is 0 Å². The normalized spacial score (nSPS) is 11.3. The van der Waals surface area contributed by atoms with Gasteiger partial charge in [-0.3, -0.25) is 4.68 Å². The highest BCUT2D eigenvalue weighted by Gasteiger charge is 2.22. The van der Waals surface area contributed by atoms with Crippen molar-refractivity contribution in [2.75, 3.05) is 0 Å². The summed E-state index contributed by atoms with van der Waals surface area (Å²) in [5.41, 5.74) is 2.11. The second-order valence-electron chi connectivity index (χ2n) is 4.24. The third-order valence-corrected chi connectivity index (χ3v) is 1.86. The molecule has 0 fully saturated rings. The molecule has 0 aliphatic rings. The van der Waals surface area contributed by atoms with Gasteiger partial charge in [0.05, 0.1) is 11.3 Å². The van der Waals surface area contributed by atoms with Crippen molar-refractivity contribution in [3.05, 3.63) is 28.9 Å². The Hall–Kier alpha value is -1.30. The molecule has 0 aliphatic heterocycles. The highest BCUT2D eigenvalue weighted by atomic mass is 15.3. The molecule has 70 valence electrons. The first-order chi connectivity index (χ1) is 5.95. The molecule has 13 heavy (non-hydrogen) atoms. The van der Waals surface area contributed by atoms with Crippen molar-refractivity contribution in [2.45, 2.75) is 32.7 Å². The lowest BCUT2D eigenvalue weighted by molar-refractivity contribution is 0.549. The standard InChI is InChI=1S/C10H15N3/c1-10(2,3)9-8(6-11-4)7-13(5)12-9/h7H,6H2,1-3,5H3. The molecule has 0 N–H and O–H groups in total. The zero-order chi connectivity index (χ0) is 10.1. The molecule has 1 heterocycles. The van der Waals surface area contributed by atoms with E-state index in [-0.39, 0.29) is 5.41 Å². The Balaban J connectivity index is 3.13. The van der Waals surface area contributed by atoms with Gasteiger partial charge in [-0.15, -0.1) is 0 Å². The van der Waals surface area contributed by atoms with Crippen LogP contribution in [0, 0.1) is 6.57 Å². The van der Waals surface area contributed by atoms with Gasteiger partial charge in [-0.2, -0.15) is 5.10 Å². The van der Waals surface area contributed by atoms with Gasteiger partial charge in [-0.25, -0.2) is 6.57 Å². The predicted molar refractivity (Wildman–Crippen MR) is 52.2 cm³/mol. The summed E-state index contributed by atoms with van der Waals surface area (Å²) < 4.78 is 1.78. The molecule has 1 rings (SSSR count). The quantitative estimate of drug-likeness (QED) is 0.602. The second kappa shape index (κ2) is 3.21. The van der Waals surface area contributed by atoms with Crippen molar-refractivity contribution in [2.24, 2.45) is 7.05 Å². The maximum absolute atomic E-state index is 6.84. The first kappa shape index (κ1) is 9.79. The molecule has 3 nitrogen and oxygen atoms in total. The summed E-state index contributed by atoms with van der Waals surface area (Å²) in [6.07, 6.45) is 1.93. The molecule has 1 aromatic rings. The Morgan fingerprint density at radius 1 is 1.54 bits per heavy atom. The molecular formula is C10H15N3.